The van der Waals surface area contributed by atoms with Crippen molar-refractivity contribution in [3.63, 3.8) is 0 Å². The predicted octanol–water partition coefficient (Wildman–Crippen LogP) is 3.20. The number of carbonyl (C=O) groups excluding carboxylic acids is 1. The van der Waals surface area contributed by atoms with Gasteiger partial charge in [-0.2, -0.15) is 0 Å². The van der Waals surface area contributed by atoms with Crippen molar-refractivity contribution >= 4 is 49.4 Å². The van der Waals surface area contributed by atoms with Gasteiger partial charge < -0.3 is 10.0 Å². The van der Waals surface area contributed by atoms with Crippen molar-refractivity contribution in [3.8, 4) is 0 Å². The van der Waals surface area contributed by atoms with Crippen LogP contribution in [0.2, 0.25) is 0 Å². The zero-order valence-electron chi connectivity index (χ0n) is 10.3. The first-order valence-corrected chi connectivity index (χ1v) is 7.75. The third-order valence-corrected chi connectivity index (χ3v) is 4.65. The van der Waals surface area contributed by atoms with Gasteiger partial charge in [0.15, 0.2) is 0 Å². The number of rotatable bonds is 3. The van der Waals surface area contributed by atoms with E-state index in [1.165, 1.54) is 0 Å². The molecule has 1 fully saturated rings. The second-order valence-corrected chi connectivity index (χ2v) is 6.18. The number of amides is 1. The van der Waals surface area contributed by atoms with E-state index in [0.717, 1.165) is 10.9 Å². The third-order valence-electron chi connectivity index (χ3n) is 3.13. The van der Waals surface area contributed by atoms with Gasteiger partial charge in [-0.3, -0.25) is 4.79 Å². The molecular weight excluding hydrogens is 378 g/mol. The minimum atomic E-state index is -1.02. The highest BCUT2D eigenvalue weighted by molar-refractivity contribution is 9.10. The van der Waals surface area contributed by atoms with Gasteiger partial charge in [0.2, 0.25) is 5.91 Å². The van der Waals surface area contributed by atoms with Gasteiger partial charge in [-0.1, -0.05) is 15.9 Å². The molecule has 1 heterocycles. The Morgan fingerprint density at radius 3 is 2.74 bits per heavy atom. The van der Waals surface area contributed by atoms with Crippen LogP contribution in [0.3, 0.4) is 0 Å². The topological polar surface area (TPSA) is 57.6 Å². The molecule has 0 aromatic heterocycles. The van der Waals surface area contributed by atoms with E-state index in [9.17, 15) is 14.7 Å². The number of hydrogen-bond donors (Lipinski definition) is 1. The maximum atomic E-state index is 12.0. The van der Waals surface area contributed by atoms with E-state index < -0.39 is 5.97 Å². The minimum absolute atomic E-state index is 0.0310. The average molecular weight is 391 g/mol. The van der Waals surface area contributed by atoms with Crippen LogP contribution in [0, 0.1) is 12.8 Å². The first kappa shape index (κ1) is 14.5. The van der Waals surface area contributed by atoms with Crippen molar-refractivity contribution in [2.75, 3.05) is 16.8 Å². The van der Waals surface area contributed by atoms with Gasteiger partial charge in [0.25, 0.3) is 0 Å². The van der Waals surface area contributed by atoms with Crippen molar-refractivity contribution in [3.05, 3.63) is 27.7 Å². The number of hydrogen-bond acceptors (Lipinski definition) is 2. The molecule has 1 aliphatic heterocycles. The minimum Gasteiger partial charge on any atom is -0.478 e. The van der Waals surface area contributed by atoms with E-state index in [2.05, 4.69) is 31.9 Å². The second kappa shape index (κ2) is 5.63. The fraction of sp³-hybridized carbons (Fsp3) is 0.385. The maximum Gasteiger partial charge on any atom is 0.337 e. The molecule has 6 heteroatoms. The molecule has 1 amide bonds. The number of aromatic carboxylic acids is 1. The Morgan fingerprint density at radius 1 is 1.53 bits per heavy atom. The highest BCUT2D eigenvalue weighted by atomic mass is 79.9. The van der Waals surface area contributed by atoms with Crippen LogP contribution in [0.5, 0.6) is 0 Å². The van der Waals surface area contributed by atoms with Crippen LogP contribution in [-0.4, -0.2) is 28.9 Å². The molecule has 0 bridgehead atoms. The standard InChI is InChI=1S/C13H13Br2NO3/c1-7-2-9(13(18)19)12(10(15)3-7)16-6-8(5-14)4-11(16)17/h2-3,8H,4-6H2,1H3,(H,18,19). The Morgan fingerprint density at radius 2 is 2.21 bits per heavy atom. The van der Waals surface area contributed by atoms with E-state index in [4.69, 9.17) is 0 Å². The molecule has 102 valence electrons. The summed E-state index contributed by atoms with van der Waals surface area (Å²) in [5.41, 5.74) is 1.47. The first-order chi connectivity index (χ1) is 8.93. The van der Waals surface area contributed by atoms with E-state index in [-0.39, 0.29) is 17.4 Å². The normalized spacial score (nSPS) is 19.0. The maximum absolute atomic E-state index is 12.0. The summed E-state index contributed by atoms with van der Waals surface area (Å²) in [6.45, 7) is 2.38. The van der Waals surface area contributed by atoms with Crippen molar-refractivity contribution in [1.82, 2.24) is 0 Å². The largest absolute Gasteiger partial charge is 0.478 e. The molecule has 1 saturated heterocycles. The fourth-order valence-corrected chi connectivity index (χ4v) is 3.50. The van der Waals surface area contributed by atoms with Crippen LogP contribution in [0.25, 0.3) is 0 Å². The molecule has 0 saturated carbocycles. The van der Waals surface area contributed by atoms with Crippen LogP contribution in [0.4, 0.5) is 5.69 Å². The summed E-state index contributed by atoms with van der Waals surface area (Å²) in [5, 5.41) is 10.1. The molecule has 1 aromatic rings. The van der Waals surface area contributed by atoms with Gasteiger partial charge in [0.1, 0.15) is 0 Å². The van der Waals surface area contributed by atoms with Crippen LogP contribution in [-0.2, 0) is 4.79 Å². The number of carbonyl (C=O) groups is 2. The average Bonchev–Trinajstić information content (AvgIpc) is 2.69. The summed E-state index contributed by atoms with van der Waals surface area (Å²) in [6.07, 6.45) is 0.449. The quantitative estimate of drug-likeness (QED) is 0.806. The molecule has 0 radical (unpaired) electrons. The van der Waals surface area contributed by atoms with E-state index in [0.29, 0.717) is 23.1 Å². The van der Waals surface area contributed by atoms with Gasteiger partial charge in [0.05, 0.1) is 11.3 Å². The molecule has 1 aromatic carbocycles. The highest BCUT2D eigenvalue weighted by Gasteiger charge is 2.33. The van der Waals surface area contributed by atoms with Gasteiger partial charge in [-0.25, -0.2) is 4.79 Å². The molecule has 1 unspecified atom stereocenters. The molecule has 0 aliphatic carbocycles. The Balaban J connectivity index is 2.50. The summed E-state index contributed by atoms with van der Waals surface area (Å²) < 4.78 is 0.647. The van der Waals surface area contributed by atoms with E-state index >= 15 is 0 Å². The third kappa shape index (κ3) is 2.84. The number of aryl methyl sites for hydroxylation is 1. The zero-order chi connectivity index (χ0) is 14.2. The second-order valence-electron chi connectivity index (χ2n) is 4.68. The number of carboxylic acids is 1. The van der Waals surface area contributed by atoms with Crippen LogP contribution in [0.15, 0.2) is 16.6 Å². The highest BCUT2D eigenvalue weighted by Crippen LogP contribution is 2.36. The molecule has 1 N–H and O–H groups in total. The first-order valence-electron chi connectivity index (χ1n) is 5.83. The summed E-state index contributed by atoms with van der Waals surface area (Å²) in [4.78, 5) is 25.0. The molecule has 1 aliphatic rings. The Hall–Kier alpha value is -0.880. The summed E-state index contributed by atoms with van der Waals surface area (Å²) in [6, 6.07) is 3.42. The number of alkyl halides is 1. The molecule has 1 atom stereocenters. The lowest BCUT2D eigenvalue weighted by Crippen LogP contribution is -2.27. The van der Waals surface area contributed by atoms with Crippen LogP contribution < -0.4 is 4.90 Å². The molecule has 0 spiro atoms. The number of halogens is 2. The monoisotopic (exact) mass is 389 g/mol. The molecule has 19 heavy (non-hydrogen) atoms. The number of benzene rings is 1. The lowest BCUT2D eigenvalue weighted by atomic mass is 10.1. The van der Waals surface area contributed by atoms with Crippen molar-refractivity contribution in [2.45, 2.75) is 13.3 Å². The van der Waals surface area contributed by atoms with Gasteiger partial charge in [-0.05, 0) is 46.5 Å². The van der Waals surface area contributed by atoms with E-state index in [1.54, 1.807) is 11.0 Å². The Bertz CT molecular complexity index is 545. The van der Waals surface area contributed by atoms with Crippen LogP contribution >= 0.6 is 31.9 Å². The predicted molar refractivity (Wildman–Crippen MR) is 80.1 cm³/mol. The Labute approximate surface area is 128 Å². The number of anilines is 1. The summed E-state index contributed by atoms with van der Waals surface area (Å²) >= 11 is 6.75. The Kier molecular flexibility index (Phi) is 4.30. The van der Waals surface area contributed by atoms with Gasteiger partial charge >= 0.3 is 5.97 Å². The lowest BCUT2D eigenvalue weighted by Gasteiger charge is -2.21. The number of carboxylic acid groups (broad SMARTS) is 1. The molecular formula is C13H13Br2NO3. The van der Waals surface area contributed by atoms with E-state index in [1.807, 2.05) is 13.0 Å². The zero-order valence-corrected chi connectivity index (χ0v) is 13.5. The SMILES string of the molecule is Cc1cc(Br)c(N2CC(CBr)CC2=O)c(C(=O)O)c1. The van der Waals surface area contributed by atoms with Gasteiger partial charge in [-0.15, -0.1) is 0 Å². The van der Waals surface area contributed by atoms with Crippen LogP contribution in [0.1, 0.15) is 22.3 Å². The summed E-state index contributed by atoms with van der Waals surface area (Å²) in [7, 11) is 0. The fourth-order valence-electron chi connectivity index (χ4n) is 2.27. The molecule has 4 nitrogen and oxygen atoms in total. The van der Waals surface area contributed by atoms with Crippen molar-refractivity contribution < 1.29 is 14.7 Å². The summed E-state index contributed by atoms with van der Waals surface area (Å²) in [5.74, 6) is -0.826. The van der Waals surface area contributed by atoms with Gasteiger partial charge in [0, 0.05) is 22.8 Å². The van der Waals surface area contributed by atoms with Crippen molar-refractivity contribution in [2.24, 2.45) is 5.92 Å². The number of nitrogens with zero attached hydrogens (tertiary/aromatic N) is 1. The smallest absolute Gasteiger partial charge is 0.337 e. The lowest BCUT2D eigenvalue weighted by molar-refractivity contribution is -0.117. The molecule has 2 rings (SSSR count). The van der Waals surface area contributed by atoms with Crippen molar-refractivity contribution in [1.29, 1.82) is 0 Å².